The Morgan fingerprint density at radius 1 is 1.20 bits per heavy atom. The monoisotopic (exact) mass is 226 g/mol. The van der Waals surface area contributed by atoms with Crippen LogP contribution in [0.1, 0.15) is 32.8 Å². The Morgan fingerprint density at radius 2 is 1.73 bits per heavy atom. The van der Waals surface area contributed by atoms with Crippen LogP contribution in [0.3, 0.4) is 0 Å². The largest absolute Gasteiger partial charge is 0.393 e. The first kappa shape index (κ1) is 12.5. The minimum absolute atomic E-state index is 0.0353. The van der Waals surface area contributed by atoms with Crippen molar-refractivity contribution in [3.05, 3.63) is 34.9 Å². The number of halogens is 1. The zero-order valence-corrected chi connectivity index (χ0v) is 10.4. The molecule has 0 saturated carbocycles. The Bertz CT molecular complexity index is 297. The summed E-state index contributed by atoms with van der Waals surface area (Å²) >= 11 is 5.80. The van der Waals surface area contributed by atoms with Gasteiger partial charge in [-0.05, 0) is 36.0 Å². The lowest BCUT2D eigenvalue weighted by Crippen LogP contribution is -2.26. The highest BCUT2D eigenvalue weighted by Crippen LogP contribution is 2.23. The van der Waals surface area contributed by atoms with E-state index >= 15 is 0 Å². The number of aryl methyl sites for hydroxylation is 1. The van der Waals surface area contributed by atoms with Crippen LogP contribution in [0.15, 0.2) is 24.3 Å². The Balaban J connectivity index is 2.47. The molecule has 0 saturated heterocycles. The van der Waals surface area contributed by atoms with Crippen molar-refractivity contribution < 1.29 is 5.11 Å². The van der Waals surface area contributed by atoms with Crippen LogP contribution < -0.4 is 0 Å². The van der Waals surface area contributed by atoms with Gasteiger partial charge in [-0.1, -0.05) is 44.5 Å². The number of benzene rings is 1. The standard InChI is InChI=1S/C13H19ClO/c1-13(2,3)12(15)9-6-10-4-7-11(14)8-5-10/h4-5,7-8,12,15H,6,9H2,1-3H3/t12-/m0/s1. The summed E-state index contributed by atoms with van der Waals surface area (Å²) < 4.78 is 0. The molecule has 1 rings (SSSR count). The van der Waals surface area contributed by atoms with Crippen molar-refractivity contribution in [2.24, 2.45) is 5.41 Å². The maximum absolute atomic E-state index is 9.88. The van der Waals surface area contributed by atoms with E-state index in [0.29, 0.717) is 0 Å². The van der Waals surface area contributed by atoms with E-state index in [1.807, 2.05) is 24.3 Å². The lowest BCUT2D eigenvalue weighted by atomic mass is 9.86. The van der Waals surface area contributed by atoms with Crippen LogP contribution in [0.25, 0.3) is 0 Å². The van der Waals surface area contributed by atoms with Gasteiger partial charge in [-0.15, -0.1) is 0 Å². The number of aliphatic hydroxyl groups excluding tert-OH is 1. The summed E-state index contributed by atoms with van der Waals surface area (Å²) in [5, 5.41) is 10.6. The second-order valence-electron chi connectivity index (χ2n) is 5.05. The van der Waals surface area contributed by atoms with Crippen molar-refractivity contribution >= 4 is 11.6 Å². The third-order valence-electron chi connectivity index (χ3n) is 2.62. The Morgan fingerprint density at radius 3 is 2.20 bits per heavy atom. The first-order valence-electron chi connectivity index (χ1n) is 5.32. The minimum Gasteiger partial charge on any atom is -0.393 e. The molecule has 0 heterocycles. The second kappa shape index (κ2) is 5.00. The Kier molecular flexibility index (Phi) is 4.18. The van der Waals surface area contributed by atoms with Crippen LogP contribution in [-0.4, -0.2) is 11.2 Å². The van der Waals surface area contributed by atoms with E-state index in [9.17, 15) is 5.11 Å². The molecular weight excluding hydrogens is 208 g/mol. The predicted molar refractivity (Wildman–Crippen MR) is 65.2 cm³/mol. The van der Waals surface area contributed by atoms with E-state index in [4.69, 9.17) is 11.6 Å². The predicted octanol–water partition coefficient (Wildman–Crippen LogP) is 3.68. The normalized spacial score (nSPS) is 13.9. The first-order valence-corrected chi connectivity index (χ1v) is 5.70. The highest BCUT2D eigenvalue weighted by atomic mass is 35.5. The minimum atomic E-state index is -0.256. The summed E-state index contributed by atoms with van der Waals surface area (Å²) in [6, 6.07) is 7.80. The summed E-state index contributed by atoms with van der Waals surface area (Å²) in [4.78, 5) is 0. The van der Waals surface area contributed by atoms with Gasteiger partial charge in [0.25, 0.3) is 0 Å². The summed E-state index contributed by atoms with van der Waals surface area (Å²) in [5.74, 6) is 0. The third kappa shape index (κ3) is 4.23. The van der Waals surface area contributed by atoms with E-state index in [1.54, 1.807) is 0 Å². The lowest BCUT2D eigenvalue weighted by Gasteiger charge is -2.25. The summed E-state index contributed by atoms with van der Waals surface area (Å²) in [6.45, 7) is 6.17. The topological polar surface area (TPSA) is 20.2 Å². The molecule has 2 heteroatoms. The number of hydrogen-bond acceptors (Lipinski definition) is 1. The smallest absolute Gasteiger partial charge is 0.0591 e. The second-order valence-corrected chi connectivity index (χ2v) is 5.48. The molecule has 15 heavy (non-hydrogen) atoms. The zero-order chi connectivity index (χ0) is 11.5. The fraction of sp³-hybridized carbons (Fsp3) is 0.538. The molecule has 1 atom stereocenters. The molecule has 1 aromatic rings. The molecule has 84 valence electrons. The van der Waals surface area contributed by atoms with Gasteiger partial charge in [-0.25, -0.2) is 0 Å². The molecule has 0 aliphatic heterocycles. The molecule has 1 aromatic carbocycles. The highest BCUT2D eigenvalue weighted by molar-refractivity contribution is 6.30. The van der Waals surface area contributed by atoms with E-state index in [1.165, 1.54) is 5.56 Å². The fourth-order valence-corrected chi connectivity index (χ4v) is 1.51. The SMILES string of the molecule is CC(C)(C)[C@@H](O)CCc1ccc(Cl)cc1. The molecule has 0 fully saturated rings. The summed E-state index contributed by atoms with van der Waals surface area (Å²) in [7, 11) is 0. The van der Waals surface area contributed by atoms with Gasteiger partial charge in [0.05, 0.1) is 6.10 Å². The molecule has 1 nitrogen and oxygen atoms in total. The molecule has 0 unspecified atom stereocenters. The molecule has 0 aliphatic rings. The van der Waals surface area contributed by atoms with Crippen molar-refractivity contribution in [1.29, 1.82) is 0 Å². The van der Waals surface area contributed by atoms with Crippen molar-refractivity contribution in [1.82, 2.24) is 0 Å². The zero-order valence-electron chi connectivity index (χ0n) is 9.63. The molecular formula is C13H19ClO. The van der Waals surface area contributed by atoms with Gasteiger partial charge in [0.1, 0.15) is 0 Å². The van der Waals surface area contributed by atoms with Gasteiger partial charge in [-0.2, -0.15) is 0 Å². The van der Waals surface area contributed by atoms with Crippen molar-refractivity contribution in [3.8, 4) is 0 Å². The quantitative estimate of drug-likeness (QED) is 0.834. The number of aliphatic hydroxyl groups is 1. The van der Waals surface area contributed by atoms with Crippen LogP contribution >= 0.6 is 11.6 Å². The van der Waals surface area contributed by atoms with Gasteiger partial charge in [-0.3, -0.25) is 0 Å². The molecule has 0 radical (unpaired) electrons. The van der Waals surface area contributed by atoms with Crippen molar-refractivity contribution in [3.63, 3.8) is 0 Å². The van der Waals surface area contributed by atoms with Crippen LogP contribution in [0.4, 0.5) is 0 Å². The van der Waals surface area contributed by atoms with Crippen LogP contribution in [0.2, 0.25) is 5.02 Å². The van der Waals surface area contributed by atoms with Crippen LogP contribution in [0, 0.1) is 5.41 Å². The molecule has 1 N–H and O–H groups in total. The first-order chi connectivity index (χ1) is 6.89. The molecule has 0 bridgehead atoms. The van der Waals surface area contributed by atoms with E-state index in [-0.39, 0.29) is 11.5 Å². The highest BCUT2D eigenvalue weighted by Gasteiger charge is 2.21. The van der Waals surface area contributed by atoms with Gasteiger partial charge in [0.15, 0.2) is 0 Å². The molecule has 0 aromatic heterocycles. The van der Waals surface area contributed by atoms with E-state index < -0.39 is 0 Å². The van der Waals surface area contributed by atoms with Crippen LogP contribution in [-0.2, 0) is 6.42 Å². The van der Waals surface area contributed by atoms with Gasteiger partial charge in [0.2, 0.25) is 0 Å². The molecule has 0 amide bonds. The average molecular weight is 227 g/mol. The summed E-state index contributed by atoms with van der Waals surface area (Å²) in [6.07, 6.45) is 1.44. The fourth-order valence-electron chi connectivity index (χ4n) is 1.39. The van der Waals surface area contributed by atoms with Gasteiger partial charge in [0, 0.05) is 5.02 Å². The maximum atomic E-state index is 9.88. The number of hydrogen-bond donors (Lipinski definition) is 1. The van der Waals surface area contributed by atoms with Crippen LogP contribution in [0.5, 0.6) is 0 Å². The van der Waals surface area contributed by atoms with Gasteiger partial charge < -0.3 is 5.11 Å². The Labute approximate surface area is 97.1 Å². The third-order valence-corrected chi connectivity index (χ3v) is 2.87. The van der Waals surface area contributed by atoms with E-state index in [2.05, 4.69) is 20.8 Å². The lowest BCUT2D eigenvalue weighted by molar-refractivity contribution is 0.0560. The molecule has 0 aliphatic carbocycles. The number of rotatable bonds is 3. The van der Waals surface area contributed by atoms with Crippen molar-refractivity contribution in [2.75, 3.05) is 0 Å². The average Bonchev–Trinajstić information content (AvgIpc) is 2.15. The summed E-state index contributed by atoms with van der Waals surface area (Å²) in [5.41, 5.74) is 1.19. The van der Waals surface area contributed by atoms with Crippen molar-refractivity contribution in [2.45, 2.75) is 39.7 Å². The van der Waals surface area contributed by atoms with Gasteiger partial charge >= 0.3 is 0 Å². The van der Waals surface area contributed by atoms with E-state index in [0.717, 1.165) is 17.9 Å². The molecule has 0 spiro atoms. The Hall–Kier alpha value is -0.530. The maximum Gasteiger partial charge on any atom is 0.0591 e.